The molecule has 0 spiro atoms. The molecule has 0 aliphatic carbocycles. The summed E-state index contributed by atoms with van der Waals surface area (Å²) in [6, 6.07) is 11.7. The van der Waals surface area contributed by atoms with Crippen LogP contribution in [0.1, 0.15) is 11.1 Å². The van der Waals surface area contributed by atoms with Gasteiger partial charge < -0.3 is 0 Å². The Morgan fingerprint density at radius 3 is 2.63 bits per heavy atom. The van der Waals surface area contributed by atoms with Crippen molar-refractivity contribution in [3.8, 4) is 0 Å². The van der Waals surface area contributed by atoms with Crippen molar-refractivity contribution in [1.29, 1.82) is 0 Å². The molecule has 1 aliphatic rings. The number of fused-ring (bicyclic) bond motifs is 1. The number of aromatic amines is 1. The van der Waals surface area contributed by atoms with Crippen molar-refractivity contribution < 1.29 is 9.91 Å². The summed E-state index contributed by atoms with van der Waals surface area (Å²) in [7, 11) is 0. The summed E-state index contributed by atoms with van der Waals surface area (Å²) < 4.78 is 0. The molecule has 0 radical (unpaired) electrons. The molecule has 0 amide bonds. The number of aromatic nitrogens is 1. The lowest BCUT2D eigenvalue weighted by Gasteiger charge is -2.23. The first kappa shape index (κ1) is 11.6. The second kappa shape index (κ2) is 4.68. The van der Waals surface area contributed by atoms with Crippen molar-refractivity contribution in [2.75, 3.05) is 11.4 Å². The molecule has 0 unspecified atom stereocenters. The van der Waals surface area contributed by atoms with E-state index in [0.29, 0.717) is 0 Å². The Balaban J connectivity index is 1.83. The smallest absolute Gasteiger partial charge is 0.258 e. The molecule has 1 aliphatic heterocycles. The molecule has 0 bridgehead atoms. The van der Waals surface area contributed by atoms with E-state index in [1.807, 2.05) is 6.07 Å². The first-order valence-corrected chi connectivity index (χ1v) is 6.22. The van der Waals surface area contributed by atoms with Gasteiger partial charge >= 0.3 is 5.69 Å². The van der Waals surface area contributed by atoms with Crippen molar-refractivity contribution in [2.24, 2.45) is 0 Å². The van der Waals surface area contributed by atoms with Gasteiger partial charge in [0.05, 0.1) is 11.5 Å². The summed E-state index contributed by atoms with van der Waals surface area (Å²) in [5, 5.41) is 10.6. The van der Waals surface area contributed by atoms with Crippen LogP contribution in [0, 0.1) is 10.1 Å². The Hall–Kier alpha value is -2.43. The molecule has 0 saturated heterocycles. The molecule has 1 N–H and O–H groups in total. The van der Waals surface area contributed by atoms with Crippen molar-refractivity contribution in [2.45, 2.75) is 13.0 Å². The monoisotopic (exact) mass is 256 g/mol. The maximum Gasteiger partial charge on any atom is 0.308 e. The van der Waals surface area contributed by atoms with E-state index < -0.39 is 4.92 Å². The van der Waals surface area contributed by atoms with Crippen LogP contribution in [0.2, 0.25) is 0 Å². The van der Waals surface area contributed by atoms with Crippen LogP contribution in [0.15, 0.2) is 42.6 Å². The minimum absolute atomic E-state index is 0.0844. The minimum Gasteiger partial charge on any atom is -0.258 e. The van der Waals surface area contributed by atoms with Gasteiger partial charge in [-0.25, -0.2) is 4.98 Å². The Morgan fingerprint density at radius 2 is 1.95 bits per heavy atom. The quantitative estimate of drug-likeness (QED) is 0.609. The molecule has 19 heavy (non-hydrogen) atoms. The first-order chi connectivity index (χ1) is 9.24. The van der Waals surface area contributed by atoms with E-state index in [0.717, 1.165) is 25.3 Å². The van der Waals surface area contributed by atoms with Gasteiger partial charge in [0.25, 0.3) is 5.82 Å². The van der Waals surface area contributed by atoms with Gasteiger partial charge in [0.15, 0.2) is 6.20 Å². The van der Waals surface area contributed by atoms with Crippen LogP contribution in [-0.4, -0.2) is 11.5 Å². The first-order valence-electron chi connectivity index (χ1n) is 6.22. The number of rotatable bonds is 2. The summed E-state index contributed by atoms with van der Waals surface area (Å²) in [6.45, 7) is 1.76. The molecule has 3 rings (SSSR count). The summed E-state index contributed by atoms with van der Waals surface area (Å²) in [5.41, 5.74) is 2.79. The number of anilines is 1. The van der Waals surface area contributed by atoms with E-state index in [-0.39, 0.29) is 5.69 Å². The SMILES string of the molecule is O=[N+]([O-])c1ccc(N2CCc3ccccc3C2)[nH+]c1. The molecule has 0 atom stereocenters. The average molecular weight is 256 g/mol. The Bertz CT molecular complexity index is 610. The maximum absolute atomic E-state index is 10.6. The van der Waals surface area contributed by atoms with Gasteiger partial charge in [0.2, 0.25) is 0 Å². The zero-order valence-corrected chi connectivity index (χ0v) is 10.4. The molecule has 0 saturated carbocycles. The number of nitrogens with zero attached hydrogens (tertiary/aromatic N) is 2. The second-order valence-electron chi connectivity index (χ2n) is 4.63. The van der Waals surface area contributed by atoms with E-state index in [2.05, 4.69) is 28.1 Å². The highest BCUT2D eigenvalue weighted by Crippen LogP contribution is 2.22. The fourth-order valence-electron chi connectivity index (χ4n) is 2.42. The summed E-state index contributed by atoms with van der Waals surface area (Å²) in [4.78, 5) is 15.4. The lowest BCUT2D eigenvalue weighted by Crippen LogP contribution is -2.34. The Morgan fingerprint density at radius 1 is 1.16 bits per heavy atom. The van der Waals surface area contributed by atoms with Gasteiger partial charge in [-0.1, -0.05) is 24.3 Å². The molecule has 1 aromatic heterocycles. The highest BCUT2D eigenvalue weighted by atomic mass is 16.6. The van der Waals surface area contributed by atoms with Gasteiger partial charge in [0, 0.05) is 18.6 Å². The zero-order valence-electron chi connectivity index (χ0n) is 10.4. The third-order valence-corrected chi connectivity index (χ3v) is 3.46. The largest absolute Gasteiger partial charge is 0.308 e. The standard InChI is InChI=1S/C14H13N3O2/c18-17(19)13-5-6-14(15-9-13)16-8-7-11-3-1-2-4-12(11)10-16/h1-6,9H,7-8,10H2/p+1. The summed E-state index contributed by atoms with van der Waals surface area (Å²) in [6.07, 6.45) is 2.44. The summed E-state index contributed by atoms with van der Waals surface area (Å²) in [5.74, 6) is 0.917. The van der Waals surface area contributed by atoms with Crippen molar-refractivity contribution >= 4 is 11.5 Å². The van der Waals surface area contributed by atoms with Crippen LogP contribution in [0.25, 0.3) is 0 Å². The molecule has 2 heterocycles. The van der Waals surface area contributed by atoms with Crippen LogP contribution < -0.4 is 9.88 Å². The zero-order chi connectivity index (χ0) is 13.2. The average Bonchev–Trinajstić information content (AvgIpc) is 2.47. The third-order valence-electron chi connectivity index (χ3n) is 3.46. The van der Waals surface area contributed by atoms with Gasteiger partial charge in [0.1, 0.15) is 6.54 Å². The molecule has 2 aromatic rings. The highest BCUT2D eigenvalue weighted by Gasteiger charge is 2.23. The van der Waals surface area contributed by atoms with Gasteiger partial charge in [-0.05, 0) is 11.1 Å². The molecule has 5 nitrogen and oxygen atoms in total. The second-order valence-corrected chi connectivity index (χ2v) is 4.63. The van der Waals surface area contributed by atoms with Crippen LogP contribution in [0.4, 0.5) is 11.5 Å². The Labute approximate surface area is 110 Å². The van der Waals surface area contributed by atoms with Crippen LogP contribution >= 0.6 is 0 Å². The van der Waals surface area contributed by atoms with Crippen molar-refractivity contribution in [1.82, 2.24) is 0 Å². The summed E-state index contributed by atoms with van der Waals surface area (Å²) >= 11 is 0. The van der Waals surface area contributed by atoms with Gasteiger partial charge in [-0.15, -0.1) is 0 Å². The number of pyridine rings is 1. The van der Waals surface area contributed by atoms with Crippen molar-refractivity contribution in [3.63, 3.8) is 0 Å². The molecule has 96 valence electrons. The van der Waals surface area contributed by atoms with E-state index in [4.69, 9.17) is 0 Å². The fourth-order valence-corrected chi connectivity index (χ4v) is 2.42. The number of hydrogen-bond acceptors (Lipinski definition) is 3. The molecule has 1 aromatic carbocycles. The lowest BCUT2D eigenvalue weighted by molar-refractivity contribution is -0.414. The molecular formula is C14H14N3O2+. The number of H-pyrrole nitrogens is 1. The van der Waals surface area contributed by atoms with E-state index in [1.165, 1.54) is 23.4 Å². The van der Waals surface area contributed by atoms with E-state index in [9.17, 15) is 10.1 Å². The topological polar surface area (TPSA) is 60.5 Å². The van der Waals surface area contributed by atoms with Gasteiger partial charge in [-0.2, -0.15) is 0 Å². The predicted molar refractivity (Wildman–Crippen MR) is 70.8 cm³/mol. The Kier molecular flexibility index (Phi) is 2.87. The molecule has 0 fully saturated rings. The lowest BCUT2D eigenvalue weighted by atomic mass is 10.00. The number of hydrogen-bond donors (Lipinski definition) is 0. The fraction of sp³-hybridized carbons (Fsp3) is 0.214. The number of nitro groups is 1. The molecular weight excluding hydrogens is 242 g/mol. The van der Waals surface area contributed by atoms with E-state index >= 15 is 0 Å². The van der Waals surface area contributed by atoms with E-state index in [1.54, 1.807) is 6.07 Å². The minimum atomic E-state index is -0.397. The normalized spacial score (nSPS) is 14.0. The molecule has 5 heteroatoms. The van der Waals surface area contributed by atoms with Crippen LogP contribution in [0.5, 0.6) is 0 Å². The maximum atomic E-state index is 10.6. The number of benzene rings is 1. The number of nitrogens with one attached hydrogen (secondary N) is 1. The third kappa shape index (κ3) is 2.27. The van der Waals surface area contributed by atoms with Crippen LogP contribution in [0.3, 0.4) is 0 Å². The van der Waals surface area contributed by atoms with Crippen LogP contribution in [-0.2, 0) is 13.0 Å². The van der Waals surface area contributed by atoms with Gasteiger partial charge in [-0.3, -0.25) is 15.0 Å². The highest BCUT2D eigenvalue weighted by molar-refractivity contribution is 5.42. The van der Waals surface area contributed by atoms with Crippen molar-refractivity contribution in [3.05, 3.63) is 63.8 Å². The predicted octanol–water partition coefficient (Wildman–Crippen LogP) is 1.97.